The van der Waals surface area contributed by atoms with Crippen LogP contribution in [0.15, 0.2) is 23.0 Å². The number of benzene rings is 1. The van der Waals surface area contributed by atoms with Gasteiger partial charge in [0.2, 0.25) is 5.56 Å². The first-order chi connectivity index (χ1) is 8.58. The largest absolute Gasteiger partial charge is 0.490 e. The second-order valence-electron chi connectivity index (χ2n) is 4.55. The zero-order chi connectivity index (χ0) is 12.9. The van der Waals surface area contributed by atoms with Crippen molar-refractivity contribution in [2.75, 3.05) is 6.61 Å². The highest BCUT2D eigenvalue weighted by atomic mass is 16.5. The predicted octanol–water partition coefficient (Wildman–Crippen LogP) is 0.623. The van der Waals surface area contributed by atoms with Crippen LogP contribution in [0.4, 0.5) is 0 Å². The van der Waals surface area contributed by atoms with Crippen molar-refractivity contribution in [1.82, 2.24) is 4.98 Å². The van der Waals surface area contributed by atoms with Gasteiger partial charge in [0.15, 0.2) is 0 Å². The lowest BCUT2D eigenvalue weighted by molar-refractivity contribution is -0.0249. The summed E-state index contributed by atoms with van der Waals surface area (Å²) >= 11 is 0. The van der Waals surface area contributed by atoms with Crippen molar-refractivity contribution >= 4 is 10.9 Å². The SMILES string of the molecule is Cc1cc2c(c3ccc(=O)[nH]c13)OC[C@@H](O)[C@@H]2O. The maximum Gasteiger partial charge on any atom is 0.248 e. The Morgan fingerprint density at radius 3 is 2.94 bits per heavy atom. The molecule has 1 aromatic carbocycles. The third-order valence-corrected chi connectivity index (χ3v) is 3.27. The lowest BCUT2D eigenvalue weighted by Crippen LogP contribution is -2.30. The lowest BCUT2D eigenvalue weighted by atomic mass is 9.96. The molecule has 1 aliphatic rings. The van der Waals surface area contributed by atoms with E-state index >= 15 is 0 Å². The molecule has 3 N–H and O–H groups in total. The van der Waals surface area contributed by atoms with Crippen molar-refractivity contribution in [2.45, 2.75) is 19.1 Å². The first-order valence-electron chi connectivity index (χ1n) is 5.73. The van der Waals surface area contributed by atoms with Crippen molar-refractivity contribution < 1.29 is 14.9 Å². The van der Waals surface area contributed by atoms with Crippen LogP contribution in [0.2, 0.25) is 0 Å². The Morgan fingerprint density at radius 2 is 2.17 bits per heavy atom. The van der Waals surface area contributed by atoms with Crippen molar-refractivity contribution in [1.29, 1.82) is 0 Å². The zero-order valence-corrected chi connectivity index (χ0v) is 9.80. The van der Waals surface area contributed by atoms with Gasteiger partial charge in [-0.15, -0.1) is 0 Å². The fraction of sp³-hybridized carbons (Fsp3) is 0.308. The van der Waals surface area contributed by atoms with Crippen LogP contribution in [0.1, 0.15) is 17.2 Å². The molecule has 0 bridgehead atoms. The van der Waals surface area contributed by atoms with Gasteiger partial charge < -0.3 is 19.9 Å². The van der Waals surface area contributed by atoms with E-state index in [1.807, 2.05) is 6.92 Å². The van der Waals surface area contributed by atoms with Crippen molar-refractivity contribution in [3.05, 3.63) is 39.7 Å². The molecule has 0 amide bonds. The molecule has 1 aromatic heterocycles. The minimum absolute atomic E-state index is 0.0471. The van der Waals surface area contributed by atoms with Crippen molar-refractivity contribution in [3.8, 4) is 5.75 Å². The van der Waals surface area contributed by atoms with Crippen LogP contribution in [0, 0.1) is 6.92 Å². The highest BCUT2D eigenvalue weighted by Gasteiger charge is 2.29. The minimum atomic E-state index is -0.955. The molecule has 2 aromatic rings. The monoisotopic (exact) mass is 247 g/mol. The number of ether oxygens (including phenoxy) is 1. The number of nitrogens with one attached hydrogen (secondary N) is 1. The van der Waals surface area contributed by atoms with Gasteiger partial charge in [-0.1, -0.05) is 0 Å². The summed E-state index contributed by atoms with van der Waals surface area (Å²) in [4.78, 5) is 14.1. The van der Waals surface area contributed by atoms with E-state index in [-0.39, 0.29) is 12.2 Å². The number of aryl methyl sites for hydroxylation is 1. The van der Waals surface area contributed by atoms with Crippen molar-refractivity contribution in [3.63, 3.8) is 0 Å². The van der Waals surface area contributed by atoms with E-state index in [0.717, 1.165) is 10.9 Å². The predicted molar refractivity (Wildman–Crippen MR) is 65.8 cm³/mol. The molecule has 94 valence electrons. The minimum Gasteiger partial charge on any atom is -0.490 e. The molecule has 18 heavy (non-hydrogen) atoms. The highest BCUT2D eigenvalue weighted by molar-refractivity contribution is 5.89. The summed E-state index contributed by atoms with van der Waals surface area (Å²) in [7, 11) is 0. The van der Waals surface area contributed by atoms with Gasteiger partial charge in [-0.3, -0.25) is 4.79 Å². The number of aromatic nitrogens is 1. The average Bonchev–Trinajstić information content (AvgIpc) is 2.35. The molecule has 5 heteroatoms. The summed E-state index contributed by atoms with van der Waals surface area (Å²) in [6.07, 6.45) is -1.87. The first kappa shape index (κ1) is 11.3. The van der Waals surface area contributed by atoms with Crippen molar-refractivity contribution in [2.24, 2.45) is 0 Å². The third-order valence-electron chi connectivity index (χ3n) is 3.27. The second kappa shape index (κ2) is 3.83. The molecule has 0 unspecified atom stereocenters. The Morgan fingerprint density at radius 1 is 1.39 bits per heavy atom. The number of aliphatic hydroxyl groups is 2. The summed E-state index contributed by atoms with van der Waals surface area (Å²) in [6, 6.07) is 4.83. The molecule has 0 spiro atoms. The fourth-order valence-electron chi connectivity index (χ4n) is 2.35. The molecule has 2 heterocycles. The molecule has 0 saturated carbocycles. The number of hydrogen-bond donors (Lipinski definition) is 3. The van der Waals surface area contributed by atoms with Gasteiger partial charge in [0, 0.05) is 17.0 Å². The maximum absolute atomic E-state index is 11.3. The number of rotatable bonds is 0. The van der Waals surface area contributed by atoms with Crippen LogP contribution in [-0.4, -0.2) is 27.9 Å². The molecule has 0 radical (unpaired) electrons. The van der Waals surface area contributed by atoms with Crippen LogP contribution in [0.3, 0.4) is 0 Å². The van der Waals surface area contributed by atoms with Crippen LogP contribution in [0.25, 0.3) is 10.9 Å². The molecular weight excluding hydrogens is 234 g/mol. The Balaban J connectivity index is 2.37. The number of aromatic amines is 1. The van der Waals surface area contributed by atoms with Gasteiger partial charge in [0.05, 0.1) is 5.52 Å². The Bertz CT molecular complexity index is 676. The van der Waals surface area contributed by atoms with E-state index in [1.165, 1.54) is 6.07 Å². The van der Waals surface area contributed by atoms with Crippen LogP contribution in [0.5, 0.6) is 5.75 Å². The molecule has 0 aliphatic carbocycles. The standard InChI is InChI=1S/C13H13NO4/c1-6-4-8-12(17)9(15)5-18-13(8)7-2-3-10(16)14-11(6)7/h2-4,9,12,15,17H,5H2,1H3,(H,14,16)/t9-,12-/m1/s1. The normalized spacial score (nSPS) is 22.6. The average molecular weight is 247 g/mol. The second-order valence-corrected chi connectivity index (χ2v) is 4.55. The Hall–Kier alpha value is -1.85. The van der Waals surface area contributed by atoms with E-state index in [0.29, 0.717) is 16.8 Å². The van der Waals surface area contributed by atoms with E-state index in [9.17, 15) is 15.0 Å². The topological polar surface area (TPSA) is 82.6 Å². The number of aliphatic hydroxyl groups excluding tert-OH is 2. The van der Waals surface area contributed by atoms with Crippen LogP contribution in [-0.2, 0) is 0 Å². The Kier molecular flexibility index (Phi) is 2.39. The smallest absolute Gasteiger partial charge is 0.248 e. The third kappa shape index (κ3) is 1.52. The highest BCUT2D eigenvalue weighted by Crippen LogP contribution is 2.38. The van der Waals surface area contributed by atoms with Gasteiger partial charge in [-0.05, 0) is 24.6 Å². The number of hydrogen-bond acceptors (Lipinski definition) is 4. The van der Waals surface area contributed by atoms with E-state index in [4.69, 9.17) is 4.74 Å². The fourth-order valence-corrected chi connectivity index (χ4v) is 2.35. The van der Waals surface area contributed by atoms with Crippen LogP contribution >= 0.6 is 0 Å². The van der Waals surface area contributed by atoms with E-state index in [2.05, 4.69) is 4.98 Å². The Labute approximate surface area is 103 Å². The van der Waals surface area contributed by atoms with Gasteiger partial charge in [-0.2, -0.15) is 0 Å². The number of H-pyrrole nitrogens is 1. The van der Waals surface area contributed by atoms with Gasteiger partial charge in [0.1, 0.15) is 24.6 Å². The van der Waals surface area contributed by atoms with E-state index < -0.39 is 12.2 Å². The number of fused-ring (bicyclic) bond motifs is 3. The summed E-state index contributed by atoms with van der Waals surface area (Å²) < 4.78 is 5.48. The maximum atomic E-state index is 11.3. The van der Waals surface area contributed by atoms with Gasteiger partial charge in [-0.25, -0.2) is 0 Å². The summed E-state index contributed by atoms with van der Waals surface area (Å²) in [5.41, 5.74) is 1.91. The van der Waals surface area contributed by atoms with Gasteiger partial charge >= 0.3 is 0 Å². The molecule has 0 saturated heterocycles. The first-order valence-corrected chi connectivity index (χ1v) is 5.73. The van der Waals surface area contributed by atoms with E-state index in [1.54, 1.807) is 12.1 Å². The lowest BCUT2D eigenvalue weighted by Gasteiger charge is -2.28. The molecular formula is C13H13NO4. The summed E-state index contributed by atoms with van der Waals surface area (Å²) in [5, 5.41) is 20.3. The van der Waals surface area contributed by atoms with Gasteiger partial charge in [0.25, 0.3) is 0 Å². The molecule has 2 atom stereocenters. The quantitative estimate of drug-likeness (QED) is 0.637. The molecule has 0 fully saturated rings. The number of pyridine rings is 1. The molecule has 3 rings (SSSR count). The van der Waals surface area contributed by atoms with Crippen LogP contribution < -0.4 is 10.3 Å². The summed E-state index contributed by atoms with van der Waals surface area (Å²) in [6.45, 7) is 1.89. The molecule has 1 aliphatic heterocycles. The molecule has 5 nitrogen and oxygen atoms in total. The zero-order valence-electron chi connectivity index (χ0n) is 9.80. The summed E-state index contributed by atoms with van der Waals surface area (Å²) in [5.74, 6) is 0.532.